The Bertz CT molecular complexity index is 224. The smallest absolute Gasteiger partial charge is 0.232 e. The minimum absolute atomic E-state index is 0.0668. The molecule has 0 bridgehead atoms. The number of amides is 1. The lowest BCUT2D eigenvalue weighted by molar-refractivity contribution is -0.118. The summed E-state index contributed by atoms with van der Waals surface area (Å²) in [7, 11) is 0.506. The van der Waals surface area contributed by atoms with Gasteiger partial charge >= 0.3 is 0 Å². The molecule has 0 aliphatic carbocycles. The first kappa shape index (κ1) is 15.5. The maximum atomic E-state index is 11.5. The first-order chi connectivity index (χ1) is 7.60. The van der Waals surface area contributed by atoms with Crippen LogP contribution in [0.3, 0.4) is 0 Å². The summed E-state index contributed by atoms with van der Waals surface area (Å²) in [5.74, 6) is 0.583. The minimum Gasteiger partial charge on any atom is -0.385 e. The second-order valence-electron chi connectivity index (χ2n) is 3.79. The maximum absolute atomic E-state index is 11.5. The van der Waals surface area contributed by atoms with Gasteiger partial charge in [0.05, 0.1) is 0 Å². The monoisotopic (exact) mass is 250 g/mol. The van der Waals surface area contributed by atoms with Gasteiger partial charge in [-0.1, -0.05) is 6.92 Å². The molecule has 0 heterocycles. The summed E-state index contributed by atoms with van der Waals surface area (Å²) < 4.78 is 16.3. The van der Waals surface area contributed by atoms with E-state index >= 15 is 0 Å². The molecule has 0 saturated heterocycles. The molecule has 0 spiro atoms. The first-order valence-corrected chi connectivity index (χ1v) is 6.89. The van der Waals surface area contributed by atoms with E-state index in [0.29, 0.717) is 25.4 Å². The fourth-order valence-corrected chi connectivity index (χ4v) is 2.37. The van der Waals surface area contributed by atoms with Gasteiger partial charge in [-0.3, -0.25) is 9.00 Å². The average Bonchev–Trinajstić information content (AvgIpc) is 2.24. The molecule has 0 fully saturated rings. The van der Waals surface area contributed by atoms with Crippen LogP contribution in [0.2, 0.25) is 0 Å². The maximum Gasteiger partial charge on any atom is 0.232 e. The summed E-state index contributed by atoms with van der Waals surface area (Å²) in [6.45, 7) is 3.61. The standard InChI is InChI=1S/C10H22N2O3S/c1-9(6-11)7-16(14)8-10(13)12-4-3-5-15-2/h9H,3-8,11H2,1-2H3,(H,12,13). The number of carbonyl (C=O) groups excluding carboxylic acids is 1. The molecule has 0 aliphatic heterocycles. The van der Waals surface area contributed by atoms with Crippen molar-refractivity contribution in [3.05, 3.63) is 0 Å². The molecule has 0 aliphatic rings. The lowest BCUT2D eigenvalue weighted by atomic mass is 10.2. The van der Waals surface area contributed by atoms with E-state index in [2.05, 4.69) is 5.32 Å². The van der Waals surface area contributed by atoms with E-state index in [4.69, 9.17) is 10.5 Å². The Kier molecular flexibility index (Phi) is 9.46. The molecular weight excluding hydrogens is 228 g/mol. The average molecular weight is 250 g/mol. The van der Waals surface area contributed by atoms with Crippen molar-refractivity contribution in [2.24, 2.45) is 11.7 Å². The summed E-state index contributed by atoms with van der Waals surface area (Å²) in [4.78, 5) is 11.3. The molecular formula is C10H22N2O3S. The van der Waals surface area contributed by atoms with Crippen LogP contribution >= 0.6 is 0 Å². The molecule has 0 aromatic rings. The molecule has 0 rings (SSSR count). The number of hydrogen-bond acceptors (Lipinski definition) is 4. The third-order valence-electron chi connectivity index (χ3n) is 2.01. The van der Waals surface area contributed by atoms with Crippen LogP contribution in [0.5, 0.6) is 0 Å². The van der Waals surface area contributed by atoms with Crippen LogP contribution in [-0.2, 0) is 20.3 Å². The molecule has 16 heavy (non-hydrogen) atoms. The van der Waals surface area contributed by atoms with E-state index in [1.54, 1.807) is 7.11 Å². The topological polar surface area (TPSA) is 81.4 Å². The Labute approximate surface area is 99.6 Å². The van der Waals surface area contributed by atoms with Crippen LogP contribution < -0.4 is 11.1 Å². The zero-order chi connectivity index (χ0) is 12.4. The van der Waals surface area contributed by atoms with Crippen molar-refractivity contribution in [3.63, 3.8) is 0 Å². The van der Waals surface area contributed by atoms with Crippen molar-refractivity contribution in [1.29, 1.82) is 0 Å². The van der Waals surface area contributed by atoms with E-state index in [9.17, 15) is 9.00 Å². The SMILES string of the molecule is COCCCNC(=O)CS(=O)CC(C)CN. The van der Waals surface area contributed by atoms with Gasteiger partial charge in [-0.05, 0) is 18.9 Å². The Morgan fingerprint density at radius 3 is 2.81 bits per heavy atom. The number of nitrogens with one attached hydrogen (secondary N) is 1. The quantitative estimate of drug-likeness (QED) is 0.540. The summed E-state index contributed by atoms with van der Waals surface area (Å²) in [6, 6.07) is 0. The largest absolute Gasteiger partial charge is 0.385 e. The van der Waals surface area contributed by atoms with E-state index < -0.39 is 10.8 Å². The van der Waals surface area contributed by atoms with Crippen LogP contribution in [0.15, 0.2) is 0 Å². The molecule has 2 atom stereocenters. The van der Waals surface area contributed by atoms with Crippen molar-refractivity contribution in [2.75, 3.05) is 38.3 Å². The zero-order valence-corrected chi connectivity index (χ0v) is 10.8. The molecule has 6 heteroatoms. The molecule has 1 amide bonds. The number of nitrogens with two attached hydrogens (primary N) is 1. The summed E-state index contributed by atoms with van der Waals surface area (Å²) >= 11 is 0. The Hall–Kier alpha value is -0.460. The predicted octanol–water partition coefficient (Wildman–Crippen LogP) is -0.517. The van der Waals surface area contributed by atoms with E-state index in [0.717, 1.165) is 6.42 Å². The van der Waals surface area contributed by atoms with Crippen molar-refractivity contribution in [3.8, 4) is 0 Å². The van der Waals surface area contributed by atoms with E-state index in [1.165, 1.54) is 0 Å². The highest BCUT2D eigenvalue weighted by Crippen LogP contribution is 1.95. The van der Waals surface area contributed by atoms with Gasteiger partial charge in [-0.2, -0.15) is 0 Å². The molecule has 0 aromatic carbocycles. The van der Waals surface area contributed by atoms with Gasteiger partial charge in [0.1, 0.15) is 5.75 Å². The third kappa shape index (κ3) is 8.82. The molecule has 0 radical (unpaired) electrons. The molecule has 3 N–H and O–H groups in total. The molecule has 5 nitrogen and oxygen atoms in total. The fourth-order valence-electron chi connectivity index (χ4n) is 1.09. The van der Waals surface area contributed by atoms with Crippen LogP contribution in [0.1, 0.15) is 13.3 Å². The minimum atomic E-state index is -1.11. The highest BCUT2D eigenvalue weighted by molar-refractivity contribution is 7.85. The number of ether oxygens (including phenoxy) is 1. The summed E-state index contributed by atoms with van der Waals surface area (Å²) in [5.41, 5.74) is 5.42. The van der Waals surface area contributed by atoms with Gasteiger partial charge < -0.3 is 15.8 Å². The Balaban J connectivity index is 3.58. The van der Waals surface area contributed by atoms with Gasteiger partial charge in [-0.15, -0.1) is 0 Å². The number of methoxy groups -OCH3 is 1. The van der Waals surface area contributed by atoms with E-state index in [1.807, 2.05) is 6.92 Å². The summed E-state index contributed by atoms with van der Waals surface area (Å²) in [6.07, 6.45) is 0.772. The highest BCUT2D eigenvalue weighted by atomic mass is 32.2. The lowest BCUT2D eigenvalue weighted by Gasteiger charge is -2.08. The molecule has 0 saturated carbocycles. The van der Waals surface area contributed by atoms with Gasteiger partial charge in [-0.25, -0.2) is 0 Å². The highest BCUT2D eigenvalue weighted by Gasteiger charge is 2.10. The third-order valence-corrected chi connectivity index (χ3v) is 3.54. The van der Waals surface area contributed by atoms with Gasteiger partial charge in [0.2, 0.25) is 5.91 Å². The van der Waals surface area contributed by atoms with Crippen LogP contribution in [0.25, 0.3) is 0 Å². The Morgan fingerprint density at radius 1 is 1.56 bits per heavy atom. The van der Waals surface area contributed by atoms with E-state index in [-0.39, 0.29) is 17.6 Å². The van der Waals surface area contributed by atoms with Crippen LogP contribution in [0.4, 0.5) is 0 Å². The van der Waals surface area contributed by atoms with Crippen molar-refractivity contribution in [2.45, 2.75) is 13.3 Å². The first-order valence-electron chi connectivity index (χ1n) is 5.40. The molecule has 2 unspecified atom stereocenters. The lowest BCUT2D eigenvalue weighted by Crippen LogP contribution is -2.31. The van der Waals surface area contributed by atoms with Crippen LogP contribution in [0, 0.1) is 5.92 Å². The van der Waals surface area contributed by atoms with Gasteiger partial charge in [0.25, 0.3) is 0 Å². The van der Waals surface area contributed by atoms with Crippen LogP contribution in [-0.4, -0.2) is 48.4 Å². The number of rotatable bonds is 9. The number of carbonyl (C=O) groups is 1. The number of hydrogen-bond donors (Lipinski definition) is 2. The zero-order valence-electron chi connectivity index (χ0n) is 10.0. The second-order valence-corrected chi connectivity index (χ2v) is 5.29. The van der Waals surface area contributed by atoms with Crippen molar-refractivity contribution in [1.82, 2.24) is 5.32 Å². The van der Waals surface area contributed by atoms with Gasteiger partial charge in [0, 0.05) is 36.8 Å². The van der Waals surface area contributed by atoms with Gasteiger partial charge in [0.15, 0.2) is 0 Å². The van der Waals surface area contributed by atoms with Crippen molar-refractivity contribution >= 4 is 16.7 Å². The molecule has 96 valence electrons. The predicted molar refractivity (Wildman–Crippen MR) is 65.6 cm³/mol. The molecule has 0 aromatic heterocycles. The fraction of sp³-hybridized carbons (Fsp3) is 0.900. The normalized spacial score (nSPS) is 14.4. The van der Waals surface area contributed by atoms with Crippen molar-refractivity contribution < 1.29 is 13.7 Å². The second kappa shape index (κ2) is 9.74. The summed E-state index contributed by atoms with van der Waals surface area (Å²) in [5, 5.41) is 2.70. The Morgan fingerprint density at radius 2 is 2.25 bits per heavy atom.